The van der Waals surface area contributed by atoms with Gasteiger partial charge in [0.25, 0.3) is 0 Å². The van der Waals surface area contributed by atoms with Crippen molar-refractivity contribution in [2.45, 2.75) is 18.9 Å². The first kappa shape index (κ1) is 17.2. The highest BCUT2D eigenvalue weighted by atomic mass is 32.2. The molecule has 0 aromatic heterocycles. The molecule has 0 fully saturated rings. The van der Waals surface area contributed by atoms with Crippen molar-refractivity contribution in [3.63, 3.8) is 0 Å². The summed E-state index contributed by atoms with van der Waals surface area (Å²) in [4.78, 5) is 0. The maximum atomic E-state index is 11.8. The lowest BCUT2D eigenvalue weighted by Crippen LogP contribution is -2.40. The third-order valence-corrected chi connectivity index (χ3v) is 4.39. The molecule has 0 heterocycles. The van der Waals surface area contributed by atoms with Gasteiger partial charge in [-0.1, -0.05) is 30.3 Å². The van der Waals surface area contributed by atoms with E-state index in [1.807, 2.05) is 36.6 Å². The number of benzene rings is 1. The van der Waals surface area contributed by atoms with Gasteiger partial charge in [0.2, 0.25) is 10.0 Å². The molecule has 0 aliphatic heterocycles. The van der Waals surface area contributed by atoms with Gasteiger partial charge in [0.05, 0.1) is 5.60 Å². The zero-order chi connectivity index (χ0) is 15.1. The van der Waals surface area contributed by atoms with E-state index in [1.54, 1.807) is 18.7 Å². The van der Waals surface area contributed by atoms with Gasteiger partial charge in [-0.2, -0.15) is 11.8 Å². The first-order valence-electron chi connectivity index (χ1n) is 6.29. The Morgan fingerprint density at radius 2 is 2.00 bits per heavy atom. The quantitative estimate of drug-likeness (QED) is 0.771. The van der Waals surface area contributed by atoms with Crippen LogP contribution in [-0.2, 0) is 10.0 Å². The molecular weight excluding hydrogens is 294 g/mol. The lowest BCUT2D eigenvalue weighted by atomic mass is 10.1. The van der Waals surface area contributed by atoms with E-state index in [4.69, 9.17) is 0 Å². The Kier molecular flexibility index (Phi) is 6.75. The van der Waals surface area contributed by atoms with Crippen LogP contribution in [0.1, 0.15) is 18.9 Å². The minimum absolute atomic E-state index is 0.00895. The van der Waals surface area contributed by atoms with Crippen LogP contribution in [0.5, 0.6) is 0 Å². The summed E-state index contributed by atoms with van der Waals surface area (Å²) in [7, 11) is -3.54. The highest BCUT2D eigenvalue weighted by Crippen LogP contribution is 2.12. The molecule has 1 unspecified atom stereocenters. The maximum absolute atomic E-state index is 11.8. The second-order valence-corrected chi connectivity index (χ2v) is 7.46. The fraction of sp³-hybridized carbons (Fsp3) is 0.429. The van der Waals surface area contributed by atoms with Crippen molar-refractivity contribution in [1.82, 2.24) is 4.72 Å². The average molecular weight is 315 g/mol. The van der Waals surface area contributed by atoms with Crippen LogP contribution >= 0.6 is 11.8 Å². The van der Waals surface area contributed by atoms with Crippen LogP contribution in [-0.4, -0.2) is 37.7 Å². The van der Waals surface area contributed by atoms with E-state index >= 15 is 0 Å². The largest absolute Gasteiger partial charge is 0.389 e. The second kappa shape index (κ2) is 7.83. The average Bonchev–Trinajstić information content (AvgIpc) is 2.43. The van der Waals surface area contributed by atoms with Crippen LogP contribution in [0, 0.1) is 0 Å². The Labute approximate surface area is 125 Å². The molecule has 0 radical (unpaired) electrons. The number of hydrogen-bond donors (Lipinski definition) is 2. The van der Waals surface area contributed by atoms with Crippen LogP contribution in [0.2, 0.25) is 0 Å². The first-order chi connectivity index (χ1) is 9.35. The van der Waals surface area contributed by atoms with Gasteiger partial charge >= 0.3 is 0 Å². The van der Waals surface area contributed by atoms with E-state index in [2.05, 4.69) is 4.72 Å². The highest BCUT2D eigenvalue weighted by Gasteiger charge is 2.21. The number of thioether (sulfide) groups is 1. The fourth-order valence-electron chi connectivity index (χ4n) is 1.45. The summed E-state index contributed by atoms with van der Waals surface area (Å²) in [6.45, 7) is 1.64. The van der Waals surface area contributed by atoms with Gasteiger partial charge in [0, 0.05) is 12.0 Å². The molecule has 1 aromatic carbocycles. The molecule has 1 aromatic rings. The summed E-state index contributed by atoms with van der Waals surface area (Å²) in [5.41, 5.74) is -0.219. The molecule has 0 aliphatic carbocycles. The van der Waals surface area contributed by atoms with Crippen molar-refractivity contribution in [2.75, 3.05) is 18.6 Å². The van der Waals surface area contributed by atoms with Crippen molar-refractivity contribution >= 4 is 27.9 Å². The number of nitrogens with one attached hydrogen (secondary N) is 1. The lowest BCUT2D eigenvalue weighted by Gasteiger charge is -2.22. The molecule has 4 nitrogen and oxygen atoms in total. The van der Waals surface area contributed by atoms with Gasteiger partial charge in [-0.3, -0.25) is 0 Å². The lowest BCUT2D eigenvalue weighted by molar-refractivity contribution is 0.0627. The summed E-state index contributed by atoms with van der Waals surface area (Å²) < 4.78 is 26.0. The summed E-state index contributed by atoms with van der Waals surface area (Å²) in [5, 5.41) is 11.1. The Morgan fingerprint density at radius 3 is 2.60 bits per heavy atom. The number of aliphatic hydroxyl groups is 1. The van der Waals surface area contributed by atoms with Gasteiger partial charge in [0.1, 0.15) is 0 Å². The predicted octanol–water partition coefficient (Wildman–Crippen LogP) is 2.08. The van der Waals surface area contributed by atoms with Crippen LogP contribution in [0.4, 0.5) is 0 Å². The molecule has 20 heavy (non-hydrogen) atoms. The van der Waals surface area contributed by atoms with Crippen LogP contribution < -0.4 is 4.72 Å². The summed E-state index contributed by atoms with van der Waals surface area (Å²) in [6, 6.07) is 9.19. The summed E-state index contributed by atoms with van der Waals surface area (Å²) >= 11 is 1.62. The van der Waals surface area contributed by atoms with Crippen LogP contribution in [0.3, 0.4) is 0 Å². The van der Waals surface area contributed by atoms with Gasteiger partial charge in [-0.25, -0.2) is 13.1 Å². The second-order valence-electron chi connectivity index (χ2n) is 4.82. The van der Waals surface area contributed by atoms with E-state index in [0.29, 0.717) is 6.42 Å². The van der Waals surface area contributed by atoms with Crippen molar-refractivity contribution in [3.8, 4) is 0 Å². The minimum Gasteiger partial charge on any atom is -0.389 e. The fourth-order valence-corrected chi connectivity index (χ4v) is 3.04. The molecule has 0 amide bonds. The van der Waals surface area contributed by atoms with Crippen molar-refractivity contribution in [1.29, 1.82) is 0 Å². The van der Waals surface area contributed by atoms with Gasteiger partial charge < -0.3 is 5.11 Å². The van der Waals surface area contributed by atoms with Crippen molar-refractivity contribution < 1.29 is 13.5 Å². The van der Waals surface area contributed by atoms with Crippen molar-refractivity contribution in [2.24, 2.45) is 0 Å². The molecule has 0 saturated heterocycles. The molecule has 0 bridgehead atoms. The zero-order valence-corrected chi connectivity index (χ0v) is 13.4. The van der Waals surface area contributed by atoms with E-state index in [9.17, 15) is 13.5 Å². The molecular formula is C14H21NO3S2. The predicted molar refractivity (Wildman–Crippen MR) is 86.0 cm³/mol. The molecule has 0 saturated carbocycles. The Morgan fingerprint density at radius 1 is 1.35 bits per heavy atom. The summed E-state index contributed by atoms with van der Waals surface area (Å²) in [5.74, 6) is 0.786. The molecule has 0 spiro atoms. The number of rotatable bonds is 8. The molecule has 1 atom stereocenters. The number of hydrogen-bond acceptors (Lipinski definition) is 4. The SMILES string of the molecule is CSCCC(C)(O)CNS(=O)(=O)/C=C/c1ccccc1. The van der Waals surface area contributed by atoms with E-state index in [1.165, 1.54) is 6.08 Å². The van der Waals surface area contributed by atoms with E-state index < -0.39 is 15.6 Å². The third-order valence-electron chi connectivity index (χ3n) is 2.74. The smallest absolute Gasteiger partial charge is 0.233 e. The van der Waals surface area contributed by atoms with Crippen LogP contribution in [0.15, 0.2) is 35.7 Å². The summed E-state index contributed by atoms with van der Waals surface area (Å²) in [6.07, 6.45) is 4.01. The standard InChI is InChI=1S/C14H21NO3S2/c1-14(16,9-10-19-2)12-15-20(17,18)11-8-13-6-4-3-5-7-13/h3-8,11,15-16H,9-10,12H2,1-2H3/b11-8+. The zero-order valence-electron chi connectivity index (χ0n) is 11.7. The normalized spacial score (nSPS) is 15.3. The topological polar surface area (TPSA) is 66.4 Å². The van der Waals surface area contributed by atoms with Crippen molar-refractivity contribution in [3.05, 3.63) is 41.3 Å². The molecule has 2 N–H and O–H groups in total. The highest BCUT2D eigenvalue weighted by molar-refractivity contribution is 7.98. The molecule has 1 rings (SSSR count). The molecule has 0 aliphatic rings. The van der Waals surface area contributed by atoms with E-state index in [-0.39, 0.29) is 6.54 Å². The Hall–Kier alpha value is -0.820. The minimum atomic E-state index is -3.54. The van der Waals surface area contributed by atoms with Gasteiger partial charge in [-0.15, -0.1) is 0 Å². The van der Waals surface area contributed by atoms with Crippen LogP contribution in [0.25, 0.3) is 6.08 Å². The maximum Gasteiger partial charge on any atom is 0.233 e. The molecule has 6 heteroatoms. The molecule has 112 valence electrons. The van der Waals surface area contributed by atoms with Gasteiger partial charge in [0.15, 0.2) is 0 Å². The third kappa shape index (κ3) is 7.09. The van der Waals surface area contributed by atoms with Gasteiger partial charge in [-0.05, 0) is 37.0 Å². The number of sulfonamides is 1. The first-order valence-corrected chi connectivity index (χ1v) is 9.23. The Bertz CT molecular complexity index is 525. The van der Waals surface area contributed by atoms with E-state index in [0.717, 1.165) is 16.7 Å². The monoisotopic (exact) mass is 315 g/mol. The Balaban J connectivity index is 2.56.